The number of nitro benzene ring substituents is 1. The maximum Gasteiger partial charge on any atom is 0.326 e. The highest BCUT2D eigenvalue weighted by molar-refractivity contribution is 5.79. The third kappa shape index (κ3) is 3.09. The molecule has 122 valence electrons. The molecule has 0 saturated heterocycles. The summed E-state index contributed by atoms with van der Waals surface area (Å²) in [5.41, 5.74) is 6.10. The number of fused-ring (bicyclic) bond motifs is 1. The lowest BCUT2D eigenvalue weighted by atomic mass is 10.2. The number of carbonyl (C=O) groups excluding carboxylic acids is 1. The predicted molar refractivity (Wildman–Crippen MR) is 78.1 cm³/mol. The first-order valence-corrected chi connectivity index (χ1v) is 7.04. The van der Waals surface area contributed by atoms with E-state index >= 15 is 0 Å². The number of aromatic nitrogens is 1. The molecular weight excluding hydrogens is 306 g/mol. The van der Waals surface area contributed by atoms with Gasteiger partial charge < -0.3 is 19.6 Å². The largest absolute Gasteiger partial charge is 0.484 e. The minimum absolute atomic E-state index is 0.0162. The summed E-state index contributed by atoms with van der Waals surface area (Å²) in [4.78, 5) is 26.2. The summed E-state index contributed by atoms with van der Waals surface area (Å²) in [7, 11) is 1.20. The van der Waals surface area contributed by atoms with Gasteiger partial charge in [0.1, 0.15) is 18.2 Å². The Morgan fingerprint density at radius 1 is 1.57 bits per heavy atom. The molecule has 1 aromatic carbocycles. The van der Waals surface area contributed by atoms with Gasteiger partial charge in [0.05, 0.1) is 18.1 Å². The molecule has 1 fully saturated rings. The van der Waals surface area contributed by atoms with Crippen LogP contribution in [0.2, 0.25) is 0 Å². The molecule has 0 amide bonds. The smallest absolute Gasteiger partial charge is 0.326 e. The van der Waals surface area contributed by atoms with Crippen molar-refractivity contribution in [2.24, 2.45) is 5.73 Å². The molecule has 1 atom stereocenters. The van der Waals surface area contributed by atoms with Crippen LogP contribution in [-0.2, 0) is 9.53 Å². The van der Waals surface area contributed by atoms with Crippen LogP contribution in [0.25, 0.3) is 11.1 Å². The zero-order chi connectivity index (χ0) is 16.6. The number of hydrogen-bond donors (Lipinski definition) is 1. The Labute approximate surface area is 130 Å². The number of carbonyl (C=O) groups is 1. The van der Waals surface area contributed by atoms with Crippen molar-refractivity contribution in [2.75, 3.05) is 13.7 Å². The first-order chi connectivity index (χ1) is 11.0. The number of methoxy groups -OCH3 is 1. The summed E-state index contributed by atoms with van der Waals surface area (Å²) in [6.07, 6.45) is 2.01. The molecule has 1 heterocycles. The fraction of sp³-hybridized carbons (Fsp3) is 0.429. The molecule has 0 unspecified atom stereocenters. The van der Waals surface area contributed by atoms with E-state index in [0.717, 1.165) is 12.8 Å². The minimum Gasteiger partial charge on any atom is -0.484 e. The maximum atomic E-state index is 11.3. The SMILES string of the molecule is COC(=O)[C@@H](N)COc1cc2nc(C3CC3)oc2cc1[N+](=O)[O-]. The number of benzene rings is 1. The Hall–Kier alpha value is -2.68. The maximum absolute atomic E-state index is 11.3. The molecule has 1 aromatic heterocycles. The van der Waals surface area contributed by atoms with Crippen LogP contribution in [0, 0.1) is 10.1 Å². The van der Waals surface area contributed by atoms with E-state index in [4.69, 9.17) is 14.9 Å². The van der Waals surface area contributed by atoms with Crippen LogP contribution in [0.4, 0.5) is 5.69 Å². The number of rotatable bonds is 6. The van der Waals surface area contributed by atoms with Gasteiger partial charge in [-0.25, -0.2) is 4.98 Å². The number of hydrogen-bond acceptors (Lipinski definition) is 8. The van der Waals surface area contributed by atoms with E-state index in [0.29, 0.717) is 22.9 Å². The summed E-state index contributed by atoms with van der Waals surface area (Å²) in [6, 6.07) is 1.66. The zero-order valence-electron chi connectivity index (χ0n) is 12.4. The average molecular weight is 321 g/mol. The Morgan fingerprint density at radius 3 is 2.91 bits per heavy atom. The second kappa shape index (κ2) is 5.84. The summed E-state index contributed by atoms with van der Waals surface area (Å²) in [5.74, 6) is 0.194. The molecule has 2 aromatic rings. The average Bonchev–Trinajstić information content (AvgIpc) is 3.30. The Morgan fingerprint density at radius 2 is 2.30 bits per heavy atom. The molecule has 2 N–H and O–H groups in total. The van der Waals surface area contributed by atoms with Gasteiger partial charge in [0.25, 0.3) is 0 Å². The normalized spacial score (nSPS) is 15.4. The second-order valence-electron chi connectivity index (χ2n) is 5.31. The Kier molecular flexibility index (Phi) is 3.87. The summed E-state index contributed by atoms with van der Waals surface area (Å²) < 4.78 is 15.4. The van der Waals surface area contributed by atoms with Gasteiger partial charge in [0.2, 0.25) is 0 Å². The third-order valence-electron chi connectivity index (χ3n) is 3.53. The van der Waals surface area contributed by atoms with Crippen molar-refractivity contribution in [1.29, 1.82) is 0 Å². The summed E-state index contributed by atoms with van der Waals surface area (Å²) in [6.45, 7) is -0.244. The topological polar surface area (TPSA) is 131 Å². The van der Waals surface area contributed by atoms with E-state index in [2.05, 4.69) is 9.72 Å². The van der Waals surface area contributed by atoms with Crippen molar-refractivity contribution in [1.82, 2.24) is 4.98 Å². The molecule has 1 saturated carbocycles. The van der Waals surface area contributed by atoms with E-state index in [1.54, 1.807) is 0 Å². The summed E-state index contributed by atoms with van der Waals surface area (Å²) in [5, 5.41) is 11.2. The number of nitrogens with zero attached hydrogens (tertiary/aromatic N) is 2. The quantitative estimate of drug-likeness (QED) is 0.481. The second-order valence-corrected chi connectivity index (χ2v) is 5.31. The van der Waals surface area contributed by atoms with Gasteiger partial charge in [-0.05, 0) is 12.8 Å². The number of oxazole rings is 1. The van der Waals surface area contributed by atoms with Crippen LogP contribution < -0.4 is 10.5 Å². The van der Waals surface area contributed by atoms with Crippen molar-refractivity contribution in [3.63, 3.8) is 0 Å². The highest BCUT2D eigenvalue weighted by atomic mass is 16.6. The fourth-order valence-electron chi connectivity index (χ4n) is 2.12. The lowest BCUT2D eigenvalue weighted by Crippen LogP contribution is -2.37. The van der Waals surface area contributed by atoms with Gasteiger partial charge >= 0.3 is 11.7 Å². The van der Waals surface area contributed by atoms with E-state index in [9.17, 15) is 14.9 Å². The van der Waals surface area contributed by atoms with Gasteiger partial charge in [-0.3, -0.25) is 14.9 Å². The van der Waals surface area contributed by atoms with E-state index in [1.807, 2.05) is 0 Å². The molecule has 23 heavy (non-hydrogen) atoms. The molecule has 0 bridgehead atoms. The molecule has 0 radical (unpaired) electrons. The van der Waals surface area contributed by atoms with E-state index in [1.165, 1.54) is 19.2 Å². The van der Waals surface area contributed by atoms with Crippen LogP contribution in [0.15, 0.2) is 16.5 Å². The van der Waals surface area contributed by atoms with Gasteiger partial charge in [-0.15, -0.1) is 0 Å². The van der Waals surface area contributed by atoms with Crippen molar-refractivity contribution in [2.45, 2.75) is 24.8 Å². The Bertz CT molecular complexity index is 767. The Balaban J connectivity index is 1.88. The molecule has 1 aliphatic carbocycles. The van der Waals surface area contributed by atoms with Crippen LogP contribution >= 0.6 is 0 Å². The van der Waals surface area contributed by atoms with E-state index < -0.39 is 16.9 Å². The molecule has 3 rings (SSSR count). The van der Waals surface area contributed by atoms with Crippen molar-refractivity contribution < 1.29 is 23.6 Å². The highest BCUT2D eigenvalue weighted by Gasteiger charge is 2.30. The van der Waals surface area contributed by atoms with Crippen molar-refractivity contribution >= 4 is 22.8 Å². The third-order valence-corrected chi connectivity index (χ3v) is 3.53. The molecule has 9 nitrogen and oxygen atoms in total. The highest BCUT2D eigenvalue weighted by Crippen LogP contribution is 2.42. The van der Waals surface area contributed by atoms with Crippen LogP contribution in [0.3, 0.4) is 0 Å². The van der Waals surface area contributed by atoms with Crippen molar-refractivity contribution in [3.8, 4) is 5.75 Å². The van der Waals surface area contributed by atoms with Gasteiger partial charge in [-0.2, -0.15) is 0 Å². The lowest BCUT2D eigenvalue weighted by molar-refractivity contribution is -0.385. The molecular formula is C14H15N3O6. The number of nitro groups is 1. The standard InChI is InChI=1S/C14H15N3O6/c1-21-14(18)8(15)6-22-12-4-9-11(5-10(12)17(19)20)23-13(16-9)7-2-3-7/h4-5,7-8H,2-3,6,15H2,1H3/t8-/m0/s1. The first kappa shape index (κ1) is 15.2. The monoisotopic (exact) mass is 321 g/mol. The molecule has 1 aliphatic rings. The van der Waals surface area contributed by atoms with Crippen LogP contribution in [0.1, 0.15) is 24.7 Å². The summed E-state index contributed by atoms with van der Waals surface area (Å²) >= 11 is 0. The van der Waals surface area contributed by atoms with Crippen LogP contribution in [-0.4, -0.2) is 35.6 Å². The minimum atomic E-state index is -1.03. The number of esters is 1. The lowest BCUT2D eigenvalue weighted by Gasteiger charge is -2.11. The van der Waals surface area contributed by atoms with Gasteiger partial charge in [-0.1, -0.05) is 0 Å². The number of ether oxygens (including phenoxy) is 2. The zero-order valence-corrected chi connectivity index (χ0v) is 12.4. The first-order valence-electron chi connectivity index (χ1n) is 7.04. The van der Waals surface area contributed by atoms with Crippen molar-refractivity contribution in [3.05, 3.63) is 28.1 Å². The fourth-order valence-corrected chi connectivity index (χ4v) is 2.12. The molecule has 0 aliphatic heterocycles. The number of nitrogens with two attached hydrogens (primary N) is 1. The predicted octanol–water partition coefficient (Wildman–Crippen LogP) is 1.49. The van der Waals surface area contributed by atoms with E-state index in [-0.39, 0.29) is 18.0 Å². The molecule has 0 spiro atoms. The molecule has 9 heteroatoms. The van der Waals surface area contributed by atoms with Gasteiger partial charge in [0.15, 0.2) is 17.2 Å². The van der Waals surface area contributed by atoms with Crippen LogP contribution in [0.5, 0.6) is 5.75 Å². The van der Waals surface area contributed by atoms with Gasteiger partial charge in [0, 0.05) is 12.0 Å².